The molecule has 0 spiro atoms. The van der Waals surface area contributed by atoms with Gasteiger partial charge in [0.25, 0.3) is 0 Å². The molecule has 1 aromatic rings. The first-order chi connectivity index (χ1) is 8.16. The van der Waals surface area contributed by atoms with Gasteiger partial charge in [-0.1, -0.05) is 17.7 Å². The van der Waals surface area contributed by atoms with Gasteiger partial charge in [-0.05, 0) is 43.4 Å². The molecule has 0 bridgehead atoms. The van der Waals surface area contributed by atoms with Gasteiger partial charge in [0.05, 0.1) is 11.1 Å². The van der Waals surface area contributed by atoms with E-state index in [2.05, 4.69) is 0 Å². The molecule has 1 heterocycles. The van der Waals surface area contributed by atoms with Crippen LogP contribution in [0.3, 0.4) is 0 Å². The zero-order chi connectivity index (χ0) is 12.3. The number of hydrogen-bond acceptors (Lipinski definition) is 2. The van der Waals surface area contributed by atoms with Crippen LogP contribution in [0.4, 0.5) is 4.39 Å². The average molecular weight is 258 g/mol. The van der Waals surface area contributed by atoms with E-state index >= 15 is 0 Å². The Hall–Kier alpha value is -0.640. The lowest BCUT2D eigenvalue weighted by Crippen LogP contribution is -2.40. The molecule has 1 saturated heterocycles. The van der Waals surface area contributed by atoms with Gasteiger partial charge in [-0.25, -0.2) is 4.39 Å². The second-order valence-corrected chi connectivity index (χ2v) is 4.93. The van der Waals surface area contributed by atoms with Crippen molar-refractivity contribution in [3.8, 4) is 0 Å². The van der Waals surface area contributed by atoms with Crippen molar-refractivity contribution in [1.82, 2.24) is 0 Å². The quantitative estimate of drug-likeness (QED) is 0.904. The first-order valence-electron chi connectivity index (χ1n) is 5.98. The van der Waals surface area contributed by atoms with Crippen molar-refractivity contribution in [3.05, 3.63) is 34.6 Å². The number of hydrogen-bond donors (Lipinski definition) is 1. The van der Waals surface area contributed by atoms with E-state index in [1.54, 1.807) is 12.1 Å². The minimum absolute atomic E-state index is 0.0446. The molecule has 1 aliphatic heterocycles. The second kappa shape index (κ2) is 5.80. The number of benzene rings is 1. The molecule has 94 valence electrons. The zero-order valence-corrected chi connectivity index (χ0v) is 10.4. The molecule has 0 radical (unpaired) electrons. The summed E-state index contributed by atoms with van der Waals surface area (Å²) in [5.74, 6) is -0.391. The van der Waals surface area contributed by atoms with E-state index in [0.717, 1.165) is 25.0 Å². The summed E-state index contributed by atoms with van der Waals surface area (Å²) in [6, 6.07) is 4.70. The van der Waals surface area contributed by atoms with Gasteiger partial charge in [-0.3, -0.25) is 0 Å². The van der Waals surface area contributed by atoms with Crippen molar-refractivity contribution in [2.75, 3.05) is 6.61 Å². The Morgan fingerprint density at radius 1 is 1.47 bits per heavy atom. The van der Waals surface area contributed by atoms with Crippen molar-refractivity contribution < 1.29 is 9.13 Å². The van der Waals surface area contributed by atoms with E-state index in [1.165, 1.54) is 12.5 Å². The van der Waals surface area contributed by atoms with Crippen LogP contribution >= 0.6 is 11.6 Å². The van der Waals surface area contributed by atoms with Crippen molar-refractivity contribution in [3.63, 3.8) is 0 Å². The highest BCUT2D eigenvalue weighted by Crippen LogP contribution is 2.20. The molecule has 2 atom stereocenters. The standard InChI is InChI=1S/C13H17ClFNO/c14-10-7-9(4-5-11(10)15)8-12(16)13-3-1-2-6-17-13/h4-5,7,12-13H,1-3,6,8,16H2. The highest BCUT2D eigenvalue weighted by Gasteiger charge is 2.21. The van der Waals surface area contributed by atoms with E-state index in [1.807, 2.05) is 0 Å². The Bertz CT molecular complexity index is 380. The van der Waals surface area contributed by atoms with Gasteiger partial charge in [0.15, 0.2) is 0 Å². The van der Waals surface area contributed by atoms with Gasteiger partial charge < -0.3 is 10.5 Å². The third kappa shape index (κ3) is 3.41. The molecular weight excluding hydrogens is 241 g/mol. The Kier molecular flexibility index (Phi) is 4.37. The molecule has 1 aromatic carbocycles. The lowest BCUT2D eigenvalue weighted by molar-refractivity contribution is 0.000634. The van der Waals surface area contributed by atoms with Crippen LogP contribution in [-0.2, 0) is 11.2 Å². The lowest BCUT2D eigenvalue weighted by atomic mass is 9.97. The van der Waals surface area contributed by atoms with Crippen molar-refractivity contribution in [1.29, 1.82) is 0 Å². The fraction of sp³-hybridized carbons (Fsp3) is 0.538. The Morgan fingerprint density at radius 3 is 2.94 bits per heavy atom. The third-order valence-corrected chi connectivity index (χ3v) is 3.44. The van der Waals surface area contributed by atoms with E-state index in [4.69, 9.17) is 22.1 Å². The van der Waals surface area contributed by atoms with Crippen molar-refractivity contribution in [2.24, 2.45) is 5.73 Å². The third-order valence-electron chi connectivity index (χ3n) is 3.15. The number of halogens is 2. The largest absolute Gasteiger partial charge is 0.377 e. The predicted octanol–water partition coefficient (Wildman–Crippen LogP) is 2.92. The van der Waals surface area contributed by atoms with E-state index in [0.29, 0.717) is 6.42 Å². The Morgan fingerprint density at radius 2 is 2.29 bits per heavy atom. The van der Waals surface area contributed by atoms with Crippen LogP contribution in [0.25, 0.3) is 0 Å². The normalized spacial score (nSPS) is 22.4. The van der Waals surface area contributed by atoms with Crippen LogP contribution < -0.4 is 5.73 Å². The smallest absolute Gasteiger partial charge is 0.141 e. The molecule has 1 aliphatic rings. The summed E-state index contributed by atoms with van der Waals surface area (Å²) in [4.78, 5) is 0. The number of nitrogens with two attached hydrogens (primary N) is 1. The van der Waals surface area contributed by atoms with Crippen molar-refractivity contribution in [2.45, 2.75) is 37.8 Å². The summed E-state index contributed by atoms with van der Waals surface area (Å²) in [6.07, 6.45) is 4.09. The molecule has 2 nitrogen and oxygen atoms in total. The van der Waals surface area contributed by atoms with Crippen LogP contribution in [0.1, 0.15) is 24.8 Å². The summed E-state index contributed by atoms with van der Waals surface area (Å²) >= 11 is 5.74. The highest BCUT2D eigenvalue weighted by molar-refractivity contribution is 6.30. The van der Waals surface area contributed by atoms with Crippen LogP contribution in [-0.4, -0.2) is 18.8 Å². The molecule has 2 rings (SSSR count). The van der Waals surface area contributed by atoms with E-state index in [9.17, 15) is 4.39 Å². The van der Waals surface area contributed by atoms with Gasteiger partial charge >= 0.3 is 0 Å². The van der Waals surface area contributed by atoms with Crippen LogP contribution in [0.2, 0.25) is 5.02 Å². The fourth-order valence-corrected chi connectivity index (χ4v) is 2.38. The summed E-state index contributed by atoms with van der Waals surface area (Å²) in [7, 11) is 0. The lowest BCUT2D eigenvalue weighted by Gasteiger charge is -2.28. The van der Waals surface area contributed by atoms with Gasteiger partial charge in [-0.2, -0.15) is 0 Å². The van der Waals surface area contributed by atoms with Crippen LogP contribution in [0, 0.1) is 5.82 Å². The SMILES string of the molecule is NC(Cc1ccc(F)c(Cl)c1)C1CCCCO1. The maximum Gasteiger partial charge on any atom is 0.141 e. The maximum absolute atomic E-state index is 13.0. The van der Waals surface area contributed by atoms with Gasteiger partial charge in [0.2, 0.25) is 0 Å². The molecule has 0 aromatic heterocycles. The van der Waals surface area contributed by atoms with Gasteiger partial charge in [0.1, 0.15) is 5.82 Å². The van der Waals surface area contributed by atoms with Gasteiger partial charge in [0, 0.05) is 12.6 Å². The number of rotatable bonds is 3. The summed E-state index contributed by atoms with van der Waals surface area (Å²) in [5, 5.41) is 0.152. The first-order valence-corrected chi connectivity index (χ1v) is 6.36. The second-order valence-electron chi connectivity index (χ2n) is 4.52. The molecule has 2 unspecified atom stereocenters. The minimum Gasteiger partial charge on any atom is -0.377 e. The Balaban J connectivity index is 1.96. The maximum atomic E-state index is 13.0. The zero-order valence-electron chi connectivity index (χ0n) is 9.66. The average Bonchev–Trinajstić information content (AvgIpc) is 2.35. The summed E-state index contributed by atoms with van der Waals surface area (Å²) < 4.78 is 18.6. The Labute approximate surface area is 106 Å². The molecule has 17 heavy (non-hydrogen) atoms. The fourth-order valence-electron chi connectivity index (χ4n) is 2.17. The summed E-state index contributed by atoms with van der Waals surface area (Å²) in [6.45, 7) is 0.794. The monoisotopic (exact) mass is 257 g/mol. The first kappa shape index (κ1) is 12.8. The molecule has 0 saturated carbocycles. The molecule has 0 aliphatic carbocycles. The van der Waals surface area contributed by atoms with Gasteiger partial charge in [-0.15, -0.1) is 0 Å². The molecule has 4 heteroatoms. The van der Waals surface area contributed by atoms with Crippen LogP contribution in [0.15, 0.2) is 18.2 Å². The van der Waals surface area contributed by atoms with E-state index in [-0.39, 0.29) is 17.2 Å². The number of ether oxygens (including phenoxy) is 1. The van der Waals surface area contributed by atoms with Crippen molar-refractivity contribution >= 4 is 11.6 Å². The highest BCUT2D eigenvalue weighted by atomic mass is 35.5. The topological polar surface area (TPSA) is 35.2 Å². The predicted molar refractivity (Wildman–Crippen MR) is 66.7 cm³/mol. The molecular formula is C13H17ClFNO. The minimum atomic E-state index is -0.391. The molecule has 1 fully saturated rings. The molecule has 2 N–H and O–H groups in total. The van der Waals surface area contributed by atoms with E-state index < -0.39 is 5.82 Å². The summed E-state index contributed by atoms with van der Waals surface area (Å²) in [5.41, 5.74) is 7.06. The molecule has 0 amide bonds. The van der Waals surface area contributed by atoms with Crippen LogP contribution in [0.5, 0.6) is 0 Å².